The number of nitrogens with two attached hydrogens (primary N) is 1. The quantitative estimate of drug-likeness (QED) is 0.817. The zero-order valence-corrected chi connectivity index (χ0v) is 11.2. The van der Waals surface area contributed by atoms with Gasteiger partial charge in [0.2, 0.25) is 0 Å². The van der Waals surface area contributed by atoms with E-state index in [4.69, 9.17) is 5.73 Å². The van der Waals surface area contributed by atoms with Crippen LogP contribution in [0.1, 0.15) is 27.8 Å². The summed E-state index contributed by atoms with van der Waals surface area (Å²) in [5.74, 6) is 0.384. The molecular weight excluding hydrogens is 234 g/mol. The molecule has 0 saturated carbocycles. The number of allylic oxidation sites excluding steroid dienone is 1. The number of benzene rings is 2. The molecule has 96 valence electrons. The van der Waals surface area contributed by atoms with Gasteiger partial charge in [-0.3, -0.25) is 0 Å². The molecule has 0 heterocycles. The first-order chi connectivity index (χ1) is 9.09. The van der Waals surface area contributed by atoms with Gasteiger partial charge in [-0.25, -0.2) is 0 Å². The van der Waals surface area contributed by atoms with Crippen molar-refractivity contribution < 1.29 is 5.11 Å². The Hall–Kier alpha value is -2.22. The van der Waals surface area contributed by atoms with Gasteiger partial charge in [0.1, 0.15) is 5.75 Å². The molecule has 2 heteroatoms. The minimum Gasteiger partial charge on any atom is -0.507 e. The predicted octanol–water partition coefficient (Wildman–Crippen LogP) is 3.28. The van der Waals surface area contributed by atoms with E-state index in [1.165, 1.54) is 5.56 Å². The third-order valence-corrected chi connectivity index (χ3v) is 3.79. The van der Waals surface area contributed by atoms with Crippen molar-refractivity contribution in [1.29, 1.82) is 0 Å². The van der Waals surface area contributed by atoms with Gasteiger partial charge in [0.15, 0.2) is 0 Å². The molecule has 3 N–H and O–H groups in total. The number of phenolic OH excluding ortho intramolecular Hbond substituents is 1. The third-order valence-electron chi connectivity index (χ3n) is 3.79. The van der Waals surface area contributed by atoms with Crippen LogP contribution < -0.4 is 5.73 Å². The number of phenols is 1. The Morgan fingerprint density at radius 3 is 2.42 bits per heavy atom. The number of aromatic hydroxyl groups is 1. The summed E-state index contributed by atoms with van der Waals surface area (Å²) in [5.41, 5.74) is 13.4. The van der Waals surface area contributed by atoms with E-state index in [9.17, 15) is 5.11 Å². The molecular formula is C17H17NO. The fourth-order valence-corrected chi connectivity index (χ4v) is 2.95. The van der Waals surface area contributed by atoms with Crippen LogP contribution in [0.4, 0.5) is 0 Å². The lowest BCUT2D eigenvalue weighted by atomic mass is 9.93. The number of hydrogen-bond acceptors (Lipinski definition) is 2. The molecule has 0 aromatic heterocycles. The summed E-state index contributed by atoms with van der Waals surface area (Å²) in [7, 11) is 0. The predicted molar refractivity (Wildman–Crippen MR) is 77.9 cm³/mol. The van der Waals surface area contributed by atoms with E-state index in [0.29, 0.717) is 12.2 Å². The lowest BCUT2D eigenvalue weighted by molar-refractivity contribution is 0.465. The second-order valence-corrected chi connectivity index (χ2v) is 5.16. The van der Waals surface area contributed by atoms with Crippen LogP contribution in [-0.2, 0) is 6.42 Å². The Labute approximate surface area is 113 Å². The van der Waals surface area contributed by atoms with Gasteiger partial charge in [0, 0.05) is 23.3 Å². The minimum absolute atomic E-state index is 0.384. The summed E-state index contributed by atoms with van der Waals surface area (Å²) in [6.45, 7) is 4.01. The molecule has 0 saturated heterocycles. The molecule has 0 atom stereocenters. The van der Waals surface area contributed by atoms with Crippen LogP contribution in [0.3, 0.4) is 0 Å². The fourth-order valence-electron chi connectivity index (χ4n) is 2.95. The first-order valence-corrected chi connectivity index (χ1v) is 6.46. The van der Waals surface area contributed by atoms with E-state index in [2.05, 4.69) is 19.1 Å². The highest BCUT2D eigenvalue weighted by atomic mass is 16.3. The van der Waals surface area contributed by atoms with Crippen LogP contribution in [0.2, 0.25) is 0 Å². The Morgan fingerprint density at radius 1 is 1.05 bits per heavy atom. The van der Waals surface area contributed by atoms with Crippen molar-refractivity contribution in [1.82, 2.24) is 0 Å². The molecule has 19 heavy (non-hydrogen) atoms. The molecule has 0 bridgehead atoms. The molecule has 2 aromatic carbocycles. The van der Waals surface area contributed by atoms with Crippen LogP contribution in [0.15, 0.2) is 42.1 Å². The van der Waals surface area contributed by atoms with Crippen LogP contribution in [-0.4, -0.2) is 5.11 Å². The lowest BCUT2D eigenvalue weighted by Gasteiger charge is -2.13. The molecule has 2 aromatic rings. The van der Waals surface area contributed by atoms with Gasteiger partial charge in [0.25, 0.3) is 0 Å². The van der Waals surface area contributed by atoms with Crippen molar-refractivity contribution in [3.05, 3.63) is 69.9 Å². The normalized spacial score (nSPS) is 13.8. The minimum atomic E-state index is 0.384. The average Bonchev–Trinajstić information content (AvgIpc) is 2.75. The van der Waals surface area contributed by atoms with Gasteiger partial charge in [-0.1, -0.05) is 36.4 Å². The molecule has 0 amide bonds. The summed E-state index contributed by atoms with van der Waals surface area (Å²) in [6.07, 6.45) is 0.633. The van der Waals surface area contributed by atoms with E-state index in [-0.39, 0.29) is 0 Å². The first kappa shape index (κ1) is 11.8. The van der Waals surface area contributed by atoms with Crippen LogP contribution >= 0.6 is 0 Å². The van der Waals surface area contributed by atoms with Crippen molar-refractivity contribution >= 4 is 5.57 Å². The van der Waals surface area contributed by atoms with Crippen molar-refractivity contribution in [2.45, 2.75) is 20.3 Å². The molecule has 1 aliphatic carbocycles. The summed E-state index contributed by atoms with van der Waals surface area (Å²) >= 11 is 0. The fraction of sp³-hybridized carbons (Fsp3) is 0.176. The smallest absolute Gasteiger partial charge is 0.122 e. The van der Waals surface area contributed by atoms with Crippen LogP contribution in [0.5, 0.6) is 5.75 Å². The highest BCUT2D eigenvalue weighted by Gasteiger charge is 2.26. The summed E-state index contributed by atoms with van der Waals surface area (Å²) < 4.78 is 0. The van der Waals surface area contributed by atoms with Gasteiger partial charge in [-0.05, 0) is 36.1 Å². The Morgan fingerprint density at radius 2 is 1.74 bits per heavy atom. The molecule has 2 nitrogen and oxygen atoms in total. The average molecular weight is 251 g/mol. The number of fused-ring (bicyclic) bond motifs is 1. The Balaban J connectivity index is 2.27. The molecule has 0 radical (unpaired) electrons. The van der Waals surface area contributed by atoms with Crippen molar-refractivity contribution in [2.75, 3.05) is 0 Å². The van der Waals surface area contributed by atoms with Gasteiger partial charge in [-0.15, -0.1) is 0 Å². The maximum Gasteiger partial charge on any atom is 0.122 e. The molecule has 0 aliphatic heterocycles. The third kappa shape index (κ3) is 1.72. The lowest BCUT2D eigenvalue weighted by Crippen LogP contribution is -1.98. The van der Waals surface area contributed by atoms with Gasteiger partial charge in [0.05, 0.1) is 0 Å². The van der Waals surface area contributed by atoms with Crippen LogP contribution in [0.25, 0.3) is 5.57 Å². The first-order valence-electron chi connectivity index (χ1n) is 6.46. The van der Waals surface area contributed by atoms with Crippen LogP contribution in [0, 0.1) is 13.8 Å². The summed E-state index contributed by atoms with van der Waals surface area (Å²) in [6, 6.07) is 12.2. The maximum atomic E-state index is 10.2. The monoisotopic (exact) mass is 251 g/mol. The van der Waals surface area contributed by atoms with E-state index < -0.39 is 0 Å². The topological polar surface area (TPSA) is 46.2 Å². The van der Waals surface area contributed by atoms with Gasteiger partial charge in [-0.2, -0.15) is 0 Å². The Kier molecular flexibility index (Phi) is 2.59. The highest BCUT2D eigenvalue weighted by molar-refractivity contribution is 5.89. The van der Waals surface area contributed by atoms with E-state index in [1.54, 1.807) is 0 Å². The number of hydrogen-bond donors (Lipinski definition) is 2. The SMILES string of the molecule is Cc1cc(C)c2c(c1O)CC(N)=C2c1ccccc1. The van der Waals surface area contributed by atoms with Crippen molar-refractivity contribution in [3.8, 4) is 5.75 Å². The Bertz CT molecular complexity index is 684. The zero-order valence-electron chi connectivity index (χ0n) is 11.2. The number of rotatable bonds is 1. The molecule has 1 aliphatic rings. The summed E-state index contributed by atoms with van der Waals surface area (Å²) in [4.78, 5) is 0. The van der Waals surface area contributed by atoms with E-state index in [0.717, 1.165) is 33.5 Å². The molecule has 3 rings (SSSR count). The van der Waals surface area contributed by atoms with E-state index in [1.807, 2.05) is 31.2 Å². The standard InChI is InChI=1S/C17H17NO/c1-10-8-11(2)17(19)13-9-14(18)16(15(10)13)12-6-4-3-5-7-12/h3-8,19H,9,18H2,1-2H3. The molecule has 0 spiro atoms. The van der Waals surface area contributed by atoms with Crippen molar-refractivity contribution in [3.63, 3.8) is 0 Å². The summed E-state index contributed by atoms with van der Waals surface area (Å²) in [5, 5.41) is 10.2. The zero-order chi connectivity index (χ0) is 13.6. The van der Waals surface area contributed by atoms with E-state index >= 15 is 0 Å². The second kappa shape index (κ2) is 4.16. The highest BCUT2D eigenvalue weighted by Crippen LogP contribution is 2.42. The maximum absolute atomic E-state index is 10.2. The molecule has 0 unspecified atom stereocenters. The number of aryl methyl sites for hydroxylation is 2. The van der Waals surface area contributed by atoms with Gasteiger partial charge < -0.3 is 10.8 Å². The molecule has 0 fully saturated rings. The largest absolute Gasteiger partial charge is 0.507 e. The van der Waals surface area contributed by atoms with Gasteiger partial charge >= 0.3 is 0 Å². The van der Waals surface area contributed by atoms with Crippen molar-refractivity contribution in [2.24, 2.45) is 5.73 Å². The second-order valence-electron chi connectivity index (χ2n) is 5.16.